The first-order valence-electron chi connectivity index (χ1n) is 6.35. The average molecular weight is 344 g/mol. The molecule has 0 saturated heterocycles. The molecule has 0 aromatic heterocycles. The number of benzene rings is 1. The summed E-state index contributed by atoms with van der Waals surface area (Å²) in [6.07, 6.45) is 2.77. The highest BCUT2D eigenvalue weighted by Crippen LogP contribution is 2.51. The molecule has 2 aliphatic rings. The van der Waals surface area contributed by atoms with E-state index in [1.54, 1.807) is 0 Å². The monoisotopic (exact) mass is 343 g/mol. The molecular formula is C14H12BrF2NO2. The highest BCUT2D eigenvalue weighted by atomic mass is 79.9. The largest absolute Gasteiger partial charge is 0.503 e. The topological polar surface area (TPSA) is 52.8 Å². The molecule has 1 aromatic rings. The number of allylic oxidation sites excluding steroid dienone is 2. The second kappa shape index (κ2) is 4.84. The van der Waals surface area contributed by atoms with Crippen LogP contribution in [0.25, 0.3) is 5.57 Å². The van der Waals surface area contributed by atoms with Gasteiger partial charge in [-0.25, -0.2) is 8.78 Å². The first-order chi connectivity index (χ1) is 9.54. The van der Waals surface area contributed by atoms with E-state index in [9.17, 15) is 13.9 Å². The van der Waals surface area contributed by atoms with Crippen molar-refractivity contribution in [2.24, 2.45) is 17.0 Å². The van der Waals surface area contributed by atoms with E-state index in [-0.39, 0.29) is 11.8 Å². The summed E-state index contributed by atoms with van der Waals surface area (Å²) in [6, 6.07) is 2.23. The fourth-order valence-electron chi connectivity index (χ4n) is 3.28. The quantitative estimate of drug-likeness (QED) is 0.597. The Hall–Kier alpha value is -1.43. The number of fused-ring (bicyclic) bond motifs is 1. The molecule has 0 amide bonds. The van der Waals surface area contributed by atoms with Crippen LogP contribution in [0, 0.1) is 23.5 Å². The van der Waals surface area contributed by atoms with Crippen LogP contribution in [0.5, 0.6) is 5.75 Å². The number of aromatic hydroxyl groups is 1. The SMILES string of the molecule is ON=C1C(Br)=C(c2cc(F)c(O)c(F)c2)C2CCCC12. The number of hydrogen-bond acceptors (Lipinski definition) is 3. The molecule has 3 nitrogen and oxygen atoms in total. The van der Waals surface area contributed by atoms with Gasteiger partial charge in [-0.15, -0.1) is 0 Å². The van der Waals surface area contributed by atoms with Gasteiger partial charge in [-0.1, -0.05) is 11.6 Å². The Balaban J connectivity index is 2.16. The molecule has 106 valence electrons. The van der Waals surface area contributed by atoms with Crippen molar-refractivity contribution in [2.75, 3.05) is 0 Å². The molecule has 0 heterocycles. The van der Waals surface area contributed by atoms with Crippen LogP contribution in [0.4, 0.5) is 8.78 Å². The molecule has 1 aromatic carbocycles. The molecule has 2 N–H and O–H groups in total. The summed E-state index contributed by atoms with van der Waals surface area (Å²) in [5.41, 5.74) is 1.66. The van der Waals surface area contributed by atoms with Crippen LogP contribution in [0.1, 0.15) is 24.8 Å². The van der Waals surface area contributed by atoms with E-state index < -0.39 is 17.4 Å². The van der Waals surface area contributed by atoms with Gasteiger partial charge in [0.1, 0.15) is 0 Å². The fraction of sp³-hybridized carbons (Fsp3) is 0.357. The van der Waals surface area contributed by atoms with Crippen molar-refractivity contribution < 1.29 is 19.1 Å². The summed E-state index contributed by atoms with van der Waals surface area (Å²) >= 11 is 3.37. The van der Waals surface area contributed by atoms with Crippen LogP contribution in [0.2, 0.25) is 0 Å². The summed E-state index contributed by atoms with van der Waals surface area (Å²) in [6.45, 7) is 0. The van der Waals surface area contributed by atoms with Gasteiger partial charge in [-0.2, -0.15) is 0 Å². The van der Waals surface area contributed by atoms with Crippen LogP contribution < -0.4 is 0 Å². The standard InChI is InChI=1S/C14H12BrF2NO2/c15-12-11(6-4-9(16)14(19)10(17)5-6)7-2-1-3-8(7)13(12)18-20/h4-5,7-8,19-20H,1-3H2. The Bertz CT molecular complexity index is 619. The number of phenols is 1. The van der Waals surface area contributed by atoms with Crippen molar-refractivity contribution in [3.63, 3.8) is 0 Å². The number of phenolic OH excluding ortho intramolecular Hbond substituents is 1. The zero-order chi connectivity index (χ0) is 14.4. The van der Waals surface area contributed by atoms with Crippen molar-refractivity contribution in [3.05, 3.63) is 33.8 Å². The van der Waals surface area contributed by atoms with Gasteiger partial charge < -0.3 is 10.3 Å². The van der Waals surface area contributed by atoms with Gasteiger partial charge in [-0.3, -0.25) is 0 Å². The van der Waals surface area contributed by atoms with Gasteiger partial charge in [0.2, 0.25) is 0 Å². The normalized spacial score (nSPS) is 27.4. The molecular weight excluding hydrogens is 332 g/mol. The maximum absolute atomic E-state index is 13.5. The third-order valence-electron chi connectivity index (χ3n) is 4.13. The van der Waals surface area contributed by atoms with Gasteiger partial charge in [0.05, 0.1) is 5.71 Å². The summed E-state index contributed by atoms with van der Waals surface area (Å²) in [4.78, 5) is 0. The molecule has 0 aliphatic heterocycles. The van der Waals surface area contributed by atoms with Crippen LogP contribution in [-0.4, -0.2) is 16.0 Å². The minimum atomic E-state index is -0.989. The summed E-state index contributed by atoms with van der Waals surface area (Å²) in [7, 11) is 0. The Kier molecular flexibility index (Phi) is 3.28. The third kappa shape index (κ3) is 1.85. The second-order valence-electron chi connectivity index (χ2n) is 5.15. The molecule has 1 saturated carbocycles. The lowest BCUT2D eigenvalue weighted by atomic mass is 9.90. The Morgan fingerprint density at radius 3 is 2.35 bits per heavy atom. The second-order valence-corrected chi connectivity index (χ2v) is 5.94. The maximum atomic E-state index is 13.5. The zero-order valence-electron chi connectivity index (χ0n) is 10.4. The highest BCUT2D eigenvalue weighted by Gasteiger charge is 2.43. The van der Waals surface area contributed by atoms with Crippen molar-refractivity contribution in [1.82, 2.24) is 0 Å². The van der Waals surface area contributed by atoms with Crippen molar-refractivity contribution in [3.8, 4) is 5.75 Å². The first-order valence-corrected chi connectivity index (χ1v) is 7.14. The predicted molar refractivity (Wildman–Crippen MR) is 73.9 cm³/mol. The van der Waals surface area contributed by atoms with Gasteiger partial charge >= 0.3 is 0 Å². The fourth-order valence-corrected chi connectivity index (χ4v) is 4.17. The van der Waals surface area contributed by atoms with Gasteiger partial charge in [-0.05, 0) is 58.0 Å². The lowest BCUT2D eigenvalue weighted by Gasteiger charge is -2.14. The number of oxime groups is 1. The molecule has 6 heteroatoms. The van der Waals surface area contributed by atoms with E-state index in [2.05, 4.69) is 21.1 Å². The maximum Gasteiger partial charge on any atom is 0.187 e. The smallest absolute Gasteiger partial charge is 0.187 e. The molecule has 0 bridgehead atoms. The molecule has 2 aliphatic carbocycles. The Morgan fingerprint density at radius 1 is 1.15 bits per heavy atom. The van der Waals surface area contributed by atoms with E-state index in [1.807, 2.05) is 0 Å². The summed E-state index contributed by atoms with van der Waals surface area (Å²) < 4.78 is 27.7. The van der Waals surface area contributed by atoms with Crippen LogP contribution in [0.15, 0.2) is 21.8 Å². The molecule has 20 heavy (non-hydrogen) atoms. The molecule has 2 unspecified atom stereocenters. The number of rotatable bonds is 1. The van der Waals surface area contributed by atoms with Crippen molar-refractivity contribution in [2.45, 2.75) is 19.3 Å². The lowest BCUT2D eigenvalue weighted by molar-refractivity contribution is 0.315. The van der Waals surface area contributed by atoms with Gasteiger partial charge in [0.25, 0.3) is 0 Å². The minimum absolute atomic E-state index is 0.0873. The molecule has 3 rings (SSSR count). The number of nitrogens with zero attached hydrogens (tertiary/aromatic N) is 1. The van der Waals surface area contributed by atoms with E-state index in [4.69, 9.17) is 5.21 Å². The zero-order valence-corrected chi connectivity index (χ0v) is 12.0. The first kappa shape index (κ1) is 13.5. The van der Waals surface area contributed by atoms with Crippen LogP contribution >= 0.6 is 15.9 Å². The Labute approximate surface area is 122 Å². The van der Waals surface area contributed by atoms with E-state index in [0.29, 0.717) is 15.8 Å². The van der Waals surface area contributed by atoms with Gasteiger partial charge in [0, 0.05) is 10.4 Å². The predicted octanol–water partition coefficient (Wildman–Crippen LogP) is 4.04. The third-order valence-corrected chi connectivity index (χ3v) is 4.97. The lowest BCUT2D eigenvalue weighted by Crippen LogP contribution is -2.11. The molecule has 0 spiro atoms. The van der Waals surface area contributed by atoms with E-state index in [0.717, 1.165) is 37.0 Å². The molecule has 0 radical (unpaired) electrons. The summed E-state index contributed by atoms with van der Waals surface area (Å²) in [5, 5.41) is 21.6. The molecule has 2 atom stereocenters. The minimum Gasteiger partial charge on any atom is -0.503 e. The number of hydrogen-bond donors (Lipinski definition) is 2. The van der Waals surface area contributed by atoms with Gasteiger partial charge in [0.15, 0.2) is 17.4 Å². The van der Waals surface area contributed by atoms with Crippen molar-refractivity contribution >= 4 is 27.2 Å². The van der Waals surface area contributed by atoms with Crippen molar-refractivity contribution in [1.29, 1.82) is 0 Å². The average Bonchev–Trinajstić information content (AvgIpc) is 2.95. The van der Waals surface area contributed by atoms with E-state index >= 15 is 0 Å². The van der Waals surface area contributed by atoms with E-state index in [1.165, 1.54) is 0 Å². The highest BCUT2D eigenvalue weighted by molar-refractivity contribution is 9.12. The molecule has 1 fully saturated rings. The Morgan fingerprint density at radius 2 is 1.75 bits per heavy atom. The van der Waals surface area contributed by atoms with Crippen LogP contribution in [0.3, 0.4) is 0 Å². The number of halogens is 3. The summed E-state index contributed by atoms with van der Waals surface area (Å²) in [5.74, 6) is -2.76. The van der Waals surface area contributed by atoms with Crippen LogP contribution in [-0.2, 0) is 0 Å².